The van der Waals surface area contributed by atoms with Crippen molar-refractivity contribution in [2.75, 3.05) is 49.8 Å². The minimum atomic E-state index is -0.162. The monoisotopic (exact) mass is 306 g/mol. The van der Waals surface area contributed by atoms with E-state index >= 15 is 0 Å². The highest BCUT2D eigenvalue weighted by molar-refractivity contribution is 5.69. The maximum atomic E-state index is 5.90. The van der Waals surface area contributed by atoms with Crippen LogP contribution >= 0.6 is 0 Å². The average molecular weight is 306 g/mol. The number of fused-ring (bicyclic) bond motifs is 1. The van der Waals surface area contributed by atoms with Gasteiger partial charge in [-0.2, -0.15) is 9.97 Å². The molecule has 0 radical (unpaired) electrons. The number of hydrogen-bond donors (Lipinski definition) is 3. The molecule has 4 N–H and O–H groups in total. The van der Waals surface area contributed by atoms with Crippen LogP contribution in [-0.4, -0.2) is 62.0 Å². The van der Waals surface area contributed by atoms with Crippen LogP contribution in [0.25, 0.3) is 0 Å². The van der Waals surface area contributed by atoms with Crippen molar-refractivity contribution in [3.8, 4) is 5.75 Å². The van der Waals surface area contributed by atoms with Gasteiger partial charge >= 0.3 is 0 Å². The third kappa shape index (κ3) is 2.55. The molecule has 1 unspecified atom stereocenters. The van der Waals surface area contributed by atoms with Gasteiger partial charge < -0.3 is 30.7 Å². The van der Waals surface area contributed by atoms with Crippen LogP contribution < -0.4 is 26.0 Å². The van der Waals surface area contributed by atoms with Crippen LogP contribution in [0.4, 0.5) is 17.6 Å². The molecular weight excluding hydrogens is 284 g/mol. The summed E-state index contributed by atoms with van der Waals surface area (Å²) in [7, 11) is 3.59. The molecule has 8 heteroatoms. The predicted octanol–water partition coefficient (Wildman–Crippen LogP) is -0.159. The molecule has 2 atom stereocenters. The minimum Gasteiger partial charge on any atom is -0.484 e. The lowest BCUT2D eigenvalue weighted by molar-refractivity contribution is 0.101. The third-order valence-electron chi connectivity index (χ3n) is 4.08. The molecule has 0 aromatic carbocycles. The molecule has 22 heavy (non-hydrogen) atoms. The molecule has 1 fully saturated rings. The van der Waals surface area contributed by atoms with Gasteiger partial charge in [-0.05, 0) is 7.05 Å². The number of likely N-dealkylation sites (N-methyl/N-ethyl adjacent to an activating group) is 1. The minimum absolute atomic E-state index is 0.0569. The van der Waals surface area contributed by atoms with Crippen molar-refractivity contribution in [1.82, 2.24) is 15.3 Å². The van der Waals surface area contributed by atoms with E-state index in [-0.39, 0.29) is 18.1 Å². The van der Waals surface area contributed by atoms with Gasteiger partial charge in [0.25, 0.3) is 0 Å². The maximum absolute atomic E-state index is 5.90. The normalized spacial score (nSPS) is 22.1. The van der Waals surface area contributed by atoms with E-state index in [9.17, 15) is 0 Å². The van der Waals surface area contributed by atoms with Gasteiger partial charge in [0.15, 0.2) is 11.6 Å². The van der Waals surface area contributed by atoms with E-state index in [0.717, 1.165) is 18.9 Å². The first-order valence-electron chi connectivity index (χ1n) is 7.30. The Balaban J connectivity index is 1.83. The first kappa shape index (κ1) is 14.9. The molecule has 0 spiro atoms. The molecule has 0 saturated carbocycles. The highest BCUT2D eigenvalue weighted by atomic mass is 16.5. The summed E-state index contributed by atoms with van der Waals surface area (Å²) in [4.78, 5) is 10.7. The van der Waals surface area contributed by atoms with Crippen LogP contribution in [0.5, 0.6) is 5.75 Å². The highest BCUT2D eigenvalue weighted by Gasteiger charge is 2.34. The van der Waals surface area contributed by atoms with E-state index in [4.69, 9.17) is 15.2 Å². The van der Waals surface area contributed by atoms with Crippen LogP contribution in [0.15, 0.2) is 12.7 Å². The fourth-order valence-electron chi connectivity index (χ4n) is 2.73. The number of nitrogens with two attached hydrogens (primary N) is 1. The number of nitrogens with one attached hydrogen (secondary N) is 2. The van der Waals surface area contributed by atoms with Crippen LogP contribution in [0, 0.1) is 0 Å². The Hall–Kier alpha value is -2.06. The van der Waals surface area contributed by atoms with Crippen molar-refractivity contribution in [3.63, 3.8) is 0 Å². The Morgan fingerprint density at radius 3 is 2.95 bits per heavy atom. The van der Waals surface area contributed by atoms with Gasteiger partial charge in [-0.15, -0.1) is 6.58 Å². The van der Waals surface area contributed by atoms with Gasteiger partial charge in [-0.3, -0.25) is 0 Å². The summed E-state index contributed by atoms with van der Waals surface area (Å²) in [5, 5.41) is 6.55. The zero-order chi connectivity index (χ0) is 15.7. The van der Waals surface area contributed by atoms with Crippen molar-refractivity contribution >= 4 is 17.6 Å². The lowest BCUT2D eigenvalue weighted by Gasteiger charge is -2.41. The van der Waals surface area contributed by atoms with Crippen molar-refractivity contribution in [3.05, 3.63) is 12.7 Å². The SMILES string of the molecule is C=C[C@H](OC)C1COc2c(nc(N)nc2N2CC(NC)C2)N1. The van der Waals surface area contributed by atoms with Crippen LogP contribution in [0.3, 0.4) is 0 Å². The molecule has 2 aliphatic heterocycles. The summed E-state index contributed by atoms with van der Waals surface area (Å²) in [6.45, 7) is 5.98. The fraction of sp³-hybridized carbons (Fsp3) is 0.571. The second-order valence-corrected chi connectivity index (χ2v) is 5.47. The Morgan fingerprint density at radius 2 is 2.32 bits per heavy atom. The third-order valence-corrected chi connectivity index (χ3v) is 4.08. The zero-order valence-electron chi connectivity index (χ0n) is 12.9. The molecule has 8 nitrogen and oxygen atoms in total. The fourth-order valence-corrected chi connectivity index (χ4v) is 2.73. The van der Waals surface area contributed by atoms with E-state index in [1.165, 1.54) is 0 Å². The molecule has 1 saturated heterocycles. The van der Waals surface area contributed by atoms with Gasteiger partial charge in [0.05, 0.1) is 12.1 Å². The van der Waals surface area contributed by atoms with E-state index in [1.54, 1.807) is 13.2 Å². The largest absolute Gasteiger partial charge is 0.484 e. The summed E-state index contributed by atoms with van der Waals surface area (Å²) in [6.07, 6.45) is 1.58. The molecule has 0 bridgehead atoms. The summed E-state index contributed by atoms with van der Waals surface area (Å²) >= 11 is 0. The van der Waals surface area contributed by atoms with E-state index in [1.807, 2.05) is 7.05 Å². The second kappa shape index (κ2) is 5.98. The molecule has 3 rings (SSSR count). The van der Waals surface area contributed by atoms with Gasteiger partial charge in [-0.1, -0.05) is 6.08 Å². The standard InChI is InChI=1S/C14H22N6O2/c1-4-10(21-3)9-7-22-11-12(17-9)18-14(15)19-13(11)20-5-8(6-20)16-2/h4,8-10,16H,1,5-7H2,2-3H3,(H3,15,17,18,19)/t9?,10-/m0/s1. The van der Waals surface area contributed by atoms with E-state index in [0.29, 0.717) is 24.2 Å². The molecular formula is C14H22N6O2. The lowest BCUT2D eigenvalue weighted by atomic mass is 10.1. The molecule has 0 amide bonds. The van der Waals surface area contributed by atoms with Gasteiger partial charge in [0.1, 0.15) is 6.61 Å². The zero-order valence-corrected chi connectivity index (χ0v) is 12.9. The van der Waals surface area contributed by atoms with E-state index < -0.39 is 0 Å². The number of nitrogen functional groups attached to an aromatic ring is 1. The van der Waals surface area contributed by atoms with Crippen molar-refractivity contribution in [2.45, 2.75) is 18.2 Å². The van der Waals surface area contributed by atoms with Gasteiger partial charge in [0, 0.05) is 26.2 Å². The highest BCUT2D eigenvalue weighted by Crippen LogP contribution is 2.38. The molecule has 2 aliphatic rings. The number of rotatable bonds is 5. The second-order valence-electron chi connectivity index (χ2n) is 5.47. The Kier molecular flexibility index (Phi) is 4.04. The van der Waals surface area contributed by atoms with E-state index in [2.05, 4.69) is 32.1 Å². The summed E-state index contributed by atoms with van der Waals surface area (Å²) in [5.41, 5.74) is 5.84. The number of methoxy groups -OCH3 is 1. The smallest absolute Gasteiger partial charge is 0.224 e. The van der Waals surface area contributed by atoms with Crippen molar-refractivity contribution < 1.29 is 9.47 Å². The molecule has 1 aromatic rings. The molecule has 0 aliphatic carbocycles. The van der Waals surface area contributed by atoms with Crippen molar-refractivity contribution in [1.29, 1.82) is 0 Å². The number of nitrogens with zero attached hydrogens (tertiary/aromatic N) is 3. The van der Waals surface area contributed by atoms with Gasteiger partial charge in [0.2, 0.25) is 11.7 Å². The Bertz CT molecular complexity index is 561. The first-order chi connectivity index (χ1) is 10.7. The summed E-state index contributed by atoms with van der Waals surface area (Å²) < 4.78 is 11.3. The average Bonchev–Trinajstić information content (AvgIpc) is 2.47. The number of ether oxygens (including phenoxy) is 2. The number of aromatic nitrogens is 2. The Labute approximate surface area is 129 Å². The summed E-state index contributed by atoms with van der Waals surface area (Å²) in [6, 6.07) is 0.411. The number of anilines is 3. The van der Waals surface area contributed by atoms with Crippen molar-refractivity contribution in [2.24, 2.45) is 0 Å². The van der Waals surface area contributed by atoms with Crippen LogP contribution in [0.1, 0.15) is 0 Å². The first-order valence-corrected chi connectivity index (χ1v) is 7.30. The Morgan fingerprint density at radius 1 is 1.55 bits per heavy atom. The maximum Gasteiger partial charge on any atom is 0.224 e. The predicted molar refractivity (Wildman–Crippen MR) is 85.4 cm³/mol. The molecule has 1 aromatic heterocycles. The topological polar surface area (TPSA) is 97.6 Å². The van der Waals surface area contributed by atoms with Gasteiger partial charge in [-0.25, -0.2) is 0 Å². The summed E-state index contributed by atoms with van der Waals surface area (Å²) in [5.74, 6) is 2.23. The quantitative estimate of drug-likeness (QED) is 0.646. The molecule has 3 heterocycles. The lowest BCUT2D eigenvalue weighted by Crippen LogP contribution is -2.57. The number of hydrogen-bond acceptors (Lipinski definition) is 8. The van der Waals surface area contributed by atoms with Crippen LogP contribution in [0.2, 0.25) is 0 Å². The van der Waals surface area contributed by atoms with Crippen LogP contribution in [-0.2, 0) is 4.74 Å². The molecule has 120 valence electrons.